The van der Waals surface area contributed by atoms with Gasteiger partial charge in [0, 0.05) is 34.6 Å². The minimum atomic E-state index is -4.46. The summed E-state index contributed by atoms with van der Waals surface area (Å²) < 4.78 is 67.1. The molecule has 4 radical (unpaired) electrons. The van der Waals surface area contributed by atoms with Crippen molar-refractivity contribution in [2.75, 3.05) is 5.75 Å². The van der Waals surface area contributed by atoms with Crippen LogP contribution >= 0.6 is 0 Å². The largest absolute Gasteiger partial charge is 0.416 e. The van der Waals surface area contributed by atoms with Crippen molar-refractivity contribution in [2.45, 2.75) is 48.6 Å². The number of sulfone groups is 1. The number of nitrogens with one attached hydrogen (secondary N) is 1. The summed E-state index contributed by atoms with van der Waals surface area (Å²) in [6.07, 6.45) is -2.50. The lowest BCUT2D eigenvalue weighted by Crippen LogP contribution is -2.47. The van der Waals surface area contributed by atoms with E-state index in [1.165, 1.54) is 36.4 Å². The van der Waals surface area contributed by atoms with Gasteiger partial charge < -0.3 is 9.88 Å². The van der Waals surface area contributed by atoms with Gasteiger partial charge >= 0.3 is 6.18 Å². The van der Waals surface area contributed by atoms with Crippen molar-refractivity contribution in [1.82, 2.24) is 9.88 Å². The van der Waals surface area contributed by atoms with Crippen LogP contribution in [-0.2, 0) is 27.8 Å². The summed E-state index contributed by atoms with van der Waals surface area (Å²) in [6.45, 7) is 1.54. The van der Waals surface area contributed by atoms with E-state index in [0.29, 0.717) is 10.9 Å². The monoisotopic (exact) mass is 560 g/mol. The Labute approximate surface area is 233 Å². The first-order valence-corrected chi connectivity index (χ1v) is 14.5. The number of alkyl halides is 3. The summed E-state index contributed by atoms with van der Waals surface area (Å²) in [7, 11) is 8.98. The fourth-order valence-electron chi connectivity index (χ4n) is 4.92. The first-order valence-electron chi connectivity index (χ1n) is 12.8. The third-order valence-corrected chi connectivity index (χ3v) is 8.93. The van der Waals surface area contributed by atoms with E-state index in [0.717, 1.165) is 30.1 Å². The summed E-state index contributed by atoms with van der Waals surface area (Å²) >= 11 is 0. The number of nitrogens with zero attached hydrogens (tertiary/aromatic N) is 1. The van der Waals surface area contributed by atoms with Gasteiger partial charge in [-0.25, -0.2) is 8.42 Å². The van der Waals surface area contributed by atoms with Crippen molar-refractivity contribution >= 4 is 42.3 Å². The standard InChI is InChI=1S/C29H25B2F3N2O3S/c1-2-40(38,39)24-12-8-21(9-13-24)28(30,31)35-27(37)19-7-14-26-20(15-19)17-23(36(26)22-10-11-22)16-18-5-3-4-6-25(18)29(32,33)34/h3-9,12-15,17,22H,2,10-11,16H2,1H3,(H,35,37). The molecule has 0 saturated heterocycles. The Bertz CT molecular complexity index is 1690. The molecule has 1 aromatic heterocycles. The number of fused-ring (bicyclic) bond motifs is 1. The third-order valence-electron chi connectivity index (χ3n) is 7.18. The molecule has 1 heterocycles. The molecule has 0 bridgehead atoms. The molecular weight excluding hydrogens is 535 g/mol. The molecule has 4 aromatic rings. The number of carbonyl (C=O) groups excluding carboxylic acids is 1. The lowest BCUT2D eigenvalue weighted by Gasteiger charge is -2.28. The van der Waals surface area contributed by atoms with E-state index in [2.05, 4.69) is 9.88 Å². The predicted octanol–water partition coefficient (Wildman–Crippen LogP) is 5.26. The van der Waals surface area contributed by atoms with Crippen LogP contribution in [0.4, 0.5) is 13.2 Å². The predicted molar refractivity (Wildman–Crippen MR) is 149 cm³/mol. The van der Waals surface area contributed by atoms with Crippen LogP contribution in [0.1, 0.15) is 58.5 Å². The van der Waals surface area contributed by atoms with Crippen LogP contribution in [0.15, 0.2) is 77.7 Å². The van der Waals surface area contributed by atoms with Crippen molar-refractivity contribution in [3.05, 3.63) is 101 Å². The number of benzene rings is 3. The van der Waals surface area contributed by atoms with Crippen LogP contribution in [0.25, 0.3) is 10.9 Å². The zero-order chi connectivity index (χ0) is 28.9. The van der Waals surface area contributed by atoms with Crippen LogP contribution in [0, 0.1) is 0 Å². The summed E-state index contributed by atoms with van der Waals surface area (Å²) in [4.78, 5) is 13.3. The van der Waals surface area contributed by atoms with Gasteiger partial charge in [-0.05, 0) is 71.8 Å². The van der Waals surface area contributed by atoms with E-state index in [-0.39, 0.29) is 34.2 Å². The highest BCUT2D eigenvalue weighted by atomic mass is 32.2. The maximum atomic E-state index is 13.6. The molecule has 0 spiro atoms. The van der Waals surface area contributed by atoms with Gasteiger partial charge in [0.05, 0.1) is 31.9 Å². The molecular formula is C29H25B2F3N2O3S. The average molecular weight is 560 g/mol. The van der Waals surface area contributed by atoms with E-state index >= 15 is 0 Å². The average Bonchev–Trinajstić information content (AvgIpc) is 3.68. The van der Waals surface area contributed by atoms with E-state index in [1.54, 1.807) is 31.2 Å². The first kappa shape index (κ1) is 28.1. The van der Waals surface area contributed by atoms with Gasteiger partial charge in [0.25, 0.3) is 5.91 Å². The highest BCUT2D eigenvalue weighted by Gasteiger charge is 2.34. The number of hydrogen-bond acceptors (Lipinski definition) is 3. The van der Waals surface area contributed by atoms with Gasteiger partial charge in [0.1, 0.15) is 0 Å². The number of hydrogen-bond donors (Lipinski definition) is 1. The highest BCUT2D eigenvalue weighted by Crippen LogP contribution is 2.41. The Morgan fingerprint density at radius 3 is 2.30 bits per heavy atom. The van der Waals surface area contributed by atoms with Crippen molar-refractivity contribution < 1.29 is 26.4 Å². The third kappa shape index (κ3) is 5.57. The SMILES string of the molecule is [B]C([B])(NC(=O)c1ccc2c(c1)cc(Cc1ccccc1C(F)(F)F)n2C1CC1)c1ccc(S(=O)(=O)CC)cc1. The Hall–Kier alpha value is -3.46. The topological polar surface area (TPSA) is 68.2 Å². The molecule has 1 aliphatic rings. The molecule has 40 heavy (non-hydrogen) atoms. The molecule has 202 valence electrons. The van der Waals surface area contributed by atoms with Crippen LogP contribution in [0.3, 0.4) is 0 Å². The minimum absolute atomic E-state index is 0.0546. The second-order valence-electron chi connectivity index (χ2n) is 10.1. The van der Waals surface area contributed by atoms with E-state index < -0.39 is 32.8 Å². The summed E-state index contributed by atoms with van der Waals surface area (Å²) in [5.41, 5.74) is 1.67. The zero-order valence-electron chi connectivity index (χ0n) is 21.7. The van der Waals surface area contributed by atoms with Gasteiger partial charge in [-0.1, -0.05) is 37.3 Å². The number of rotatable bonds is 8. The molecule has 1 saturated carbocycles. The maximum absolute atomic E-state index is 13.6. The van der Waals surface area contributed by atoms with Crippen LogP contribution in [0.2, 0.25) is 0 Å². The number of halogens is 3. The molecule has 3 aromatic carbocycles. The summed E-state index contributed by atoms with van der Waals surface area (Å²) in [5, 5.41) is 1.51. The smallest absolute Gasteiger partial charge is 0.360 e. The van der Waals surface area contributed by atoms with Crippen LogP contribution in [0.5, 0.6) is 0 Å². The molecule has 1 fully saturated rings. The van der Waals surface area contributed by atoms with Crippen LogP contribution in [-0.4, -0.2) is 40.3 Å². The Balaban J connectivity index is 1.42. The molecule has 11 heteroatoms. The van der Waals surface area contributed by atoms with Gasteiger partial charge in [0.15, 0.2) is 9.84 Å². The minimum Gasteiger partial charge on any atom is -0.360 e. The molecule has 1 aliphatic carbocycles. The number of amides is 1. The molecule has 5 nitrogen and oxygen atoms in total. The first-order chi connectivity index (χ1) is 18.8. The van der Waals surface area contributed by atoms with Gasteiger partial charge in [-0.15, -0.1) is 0 Å². The Morgan fingerprint density at radius 2 is 1.68 bits per heavy atom. The van der Waals surface area contributed by atoms with Crippen LogP contribution < -0.4 is 5.32 Å². The molecule has 1 N–H and O–H groups in total. The van der Waals surface area contributed by atoms with E-state index in [1.807, 2.05) is 6.07 Å². The van der Waals surface area contributed by atoms with Crippen molar-refractivity contribution in [3.8, 4) is 0 Å². The maximum Gasteiger partial charge on any atom is 0.416 e. The van der Waals surface area contributed by atoms with Crippen molar-refractivity contribution in [1.29, 1.82) is 0 Å². The van der Waals surface area contributed by atoms with Crippen molar-refractivity contribution in [2.24, 2.45) is 0 Å². The fourth-order valence-corrected chi connectivity index (χ4v) is 5.80. The quantitative estimate of drug-likeness (QED) is 0.300. The number of aromatic nitrogens is 1. The Morgan fingerprint density at radius 1 is 1.00 bits per heavy atom. The normalized spacial score (nSPS) is 14.4. The molecule has 5 rings (SSSR count). The molecule has 0 unspecified atom stereocenters. The molecule has 0 atom stereocenters. The fraction of sp³-hybridized carbons (Fsp3) is 0.276. The molecule has 0 aliphatic heterocycles. The zero-order valence-corrected chi connectivity index (χ0v) is 22.5. The van der Waals surface area contributed by atoms with Crippen molar-refractivity contribution in [3.63, 3.8) is 0 Å². The van der Waals surface area contributed by atoms with E-state index in [4.69, 9.17) is 15.7 Å². The lowest BCUT2D eigenvalue weighted by atomic mass is 9.58. The lowest BCUT2D eigenvalue weighted by molar-refractivity contribution is -0.138. The van der Waals surface area contributed by atoms with E-state index in [9.17, 15) is 26.4 Å². The second-order valence-corrected chi connectivity index (χ2v) is 12.4. The van der Waals surface area contributed by atoms with Gasteiger partial charge in [-0.3, -0.25) is 4.79 Å². The summed E-state index contributed by atoms with van der Waals surface area (Å²) in [5.74, 6) is -0.610. The Kier molecular flexibility index (Phi) is 7.15. The highest BCUT2D eigenvalue weighted by molar-refractivity contribution is 7.91. The molecule has 1 amide bonds. The van der Waals surface area contributed by atoms with Gasteiger partial charge in [0.2, 0.25) is 0 Å². The number of carbonyl (C=O) groups is 1. The second kappa shape index (κ2) is 10.2. The summed E-state index contributed by atoms with van der Waals surface area (Å²) in [6, 6.07) is 18.3. The van der Waals surface area contributed by atoms with Gasteiger partial charge in [-0.2, -0.15) is 13.2 Å².